The Labute approximate surface area is 120 Å². The zero-order valence-corrected chi connectivity index (χ0v) is 11.6. The summed E-state index contributed by atoms with van der Waals surface area (Å²) in [5.74, 6) is -0.0637. The van der Waals surface area contributed by atoms with Crippen molar-refractivity contribution in [1.82, 2.24) is 4.90 Å². The van der Waals surface area contributed by atoms with E-state index >= 15 is 0 Å². The smallest absolute Gasteiger partial charge is 0.323 e. The number of ether oxygens (including phenoxy) is 1. The van der Waals surface area contributed by atoms with Crippen LogP contribution in [0.25, 0.3) is 11.0 Å². The molecule has 0 radical (unpaired) electrons. The van der Waals surface area contributed by atoms with Crippen molar-refractivity contribution in [3.8, 4) is 0 Å². The van der Waals surface area contributed by atoms with Crippen LogP contribution in [-0.2, 0) is 16.1 Å². The minimum absolute atomic E-state index is 0.320. The lowest BCUT2D eigenvalue weighted by atomic mass is 10.2. The Kier molecular flexibility index (Phi) is 3.65. The lowest BCUT2D eigenvalue weighted by molar-refractivity contribution is -0.146. The summed E-state index contributed by atoms with van der Waals surface area (Å²) < 4.78 is 23.6. The van der Waals surface area contributed by atoms with Crippen molar-refractivity contribution in [3.63, 3.8) is 0 Å². The molecule has 1 aromatic carbocycles. The number of carbonyl (C=O) groups is 1. The molecule has 3 rings (SSSR count). The van der Waals surface area contributed by atoms with Gasteiger partial charge in [0.25, 0.3) is 0 Å². The number of aliphatic hydroxyl groups excluding tert-OH is 1. The van der Waals surface area contributed by atoms with Gasteiger partial charge in [0.15, 0.2) is 0 Å². The number of hydrogen-bond donors (Lipinski definition) is 1. The van der Waals surface area contributed by atoms with E-state index in [0.717, 1.165) is 0 Å². The van der Waals surface area contributed by atoms with Gasteiger partial charge in [0.1, 0.15) is 23.2 Å². The van der Waals surface area contributed by atoms with E-state index in [2.05, 4.69) is 0 Å². The fourth-order valence-corrected chi connectivity index (χ4v) is 2.78. The number of nitrogens with zero attached hydrogens (tertiary/aromatic N) is 1. The number of furan rings is 1. The maximum Gasteiger partial charge on any atom is 0.323 e. The summed E-state index contributed by atoms with van der Waals surface area (Å²) in [5.41, 5.74) is 0.598. The highest BCUT2D eigenvalue weighted by Crippen LogP contribution is 2.25. The van der Waals surface area contributed by atoms with Crippen molar-refractivity contribution >= 4 is 16.9 Å². The number of hydrogen-bond acceptors (Lipinski definition) is 5. The standard InChI is InChI=1S/C15H16FNO4/c1-20-15(19)13-6-11(18)7-17(13)8-12-5-9-4-10(16)2-3-14(9)21-12/h2-5,11,13,18H,6-8H2,1H3/t11-,13+/m0/s1. The monoisotopic (exact) mass is 293 g/mol. The number of halogens is 1. The third kappa shape index (κ3) is 2.77. The number of esters is 1. The third-order valence-corrected chi connectivity index (χ3v) is 3.74. The minimum atomic E-state index is -0.559. The van der Waals surface area contributed by atoms with Crippen LogP contribution in [0.3, 0.4) is 0 Å². The molecule has 1 fully saturated rings. The number of rotatable bonds is 3. The molecule has 21 heavy (non-hydrogen) atoms. The summed E-state index contributed by atoms with van der Waals surface area (Å²) in [5, 5.41) is 10.4. The first kappa shape index (κ1) is 14.0. The van der Waals surface area contributed by atoms with Gasteiger partial charge in [-0.2, -0.15) is 0 Å². The Morgan fingerprint density at radius 2 is 2.33 bits per heavy atom. The molecule has 2 atom stereocenters. The van der Waals surface area contributed by atoms with Gasteiger partial charge in [-0.25, -0.2) is 4.39 Å². The van der Waals surface area contributed by atoms with Crippen LogP contribution >= 0.6 is 0 Å². The second-order valence-electron chi connectivity index (χ2n) is 5.25. The molecular formula is C15H16FNO4. The Morgan fingerprint density at radius 1 is 1.52 bits per heavy atom. The Bertz CT molecular complexity index is 669. The molecular weight excluding hydrogens is 277 g/mol. The van der Waals surface area contributed by atoms with Gasteiger partial charge in [-0.15, -0.1) is 0 Å². The Hall–Kier alpha value is -1.92. The fourth-order valence-electron chi connectivity index (χ4n) is 2.78. The largest absolute Gasteiger partial charge is 0.468 e. The summed E-state index contributed by atoms with van der Waals surface area (Å²) >= 11 is 0. The summed E-state index contributed by atoms with van der Waals surface area (Å²) in [6.45, 7) is 0.748. The van der Waals surface area contributed by atoms with Crippen LogP contribution in [0.15, 0.2) is 28.7 Å². The third-order valence-electron chi connectivity index (χ3n) is 3.74. The predicted octanol–water partition coefficient (Wildman–Crippen LogP) is 1.68. The molecule has 0 saturated carbocycles. The normalized spacial score (nSPS) is 22.8. The van der Waals surface area contributed by atoms with Gasteiger partial charge in [0.05, 0.1) is 19.8 Å². The van der Waals surface area contributed by atoms with Gasteiger partial charge in [-0.05, 0) is 24.3 Å². The van der Waals surface area contributed by atoms with Gasteiger partial charge in [0, 0.05) is 18.4 Å². The van der Waals surface area contributed by atoms with Gasteiger partial charge in [0.2, 0.25) is 0 Å². The lowest BCUT2D eigenvalue weighted by Gasteiger charge is -2.20. The van der Waals surface area contributed by atoms with Crippen LogP contribution in [0.2, 0.25) is 0 Å². The van der Waals surface area contributed by atoms with E-state index in [1.54, 1.807) is 12.1 Å². The molecule has 2 aromatic rings. The van der Waals surface area contributed by atoms with E-state index in [1.807, 2.05) is 4.90 Å². The number of benzene rings is 1. The van der Waals surface area contributed by atoms with Crippen molar-refractivity contribution in [2.75, 3.05) is 13.7 Å². The Morgan fingerprint density at radius 3 is 3.10 bits per heavy atom. The maximum absolute atomic E-state index is 13.2. The summed E-state index contributed by atoms with van der Waals surface area (Å²) in [7, 11) is 1.33. The molecule has 2 heterocycles. The van der Waals surface area contributed by atoms with Crippen LogP contribution in [0.1, 0.15) is 12.2 Å². The van der Waals surface area contributed by atoms with Gasteiger partial charge < -0.3 is 14.3 Å². The lowest BCUT2D eigenvalue weighted by Crippen LogP contribution is -2.36. The molecule has 112 valence electrons. The number of likely N-dealkylation sites (tertiary alicyclic amines) is 1. The van der Waals surface area contributed by atoms with Crippen molar-refractivity contribution < 1.29 is 23.4 Å². The molecule has 0 aliphatic carbocycles. The molecule has 1 aromatic heterocycles. The molecule has 1 N–H and O–H groups in total. The highest BCUT2D eigenvalue weighted by atomic mass is 19.1. The van der Waals surface area contributed by atoms with Gasteiger partial charge >= 0.3 is 5.97 Å². The average Bonchev–Trinajstić information content (AvgIpc) is 3.00. The van der Waals surface area contributed by atoms with Crippen molar-refractivity contribution in [2.45, 2.75) is 25.1 Å². The molecule has 1 aliphatic rings. The molecule has 0 bridgehead atoms. The summed E-state index contributed by atoms with van der Waals surface area (Å²) in [6, 6.07) is 5.59. The zero-order valence-electron chi connectivity index (χ0n) is 11.6. The minimum Gasteiger partial charge on any atom is -0.468 e. The molecule has 0 unspecified atom stereocenters. The van der Waals surface area contributed by atoms with Crippen LogP contribution in [-0.4, -0.2) is 41.8 Å². The maximum atomic E-state index is 13.2. The van der Waals surface area contributed by atoms with Gasteiger partial charge in [-0.3, -0.25) is 9.69 Å². The SMILES string of the molecule is COC(=O)[C@H]1C[C@H](O)CN1Cc1cc2cc(F)ccc2o1. The first-order chi connectivity index (χ1) is 10.1. The van der Waals surface area contributed by atoms with Crippen LogP contribution in [0, 0.1) is 5.82 Å². The molecule has 0 spiro atoms. The molecule has 5 nitrogen and oxygen atoms in total. The number of β-amino-alcohol motifs (C(OH)–C–C–N with tert-alkyl or cyclic N) is 1. The van der Waals surface area contributed by atoms with Crippen LogP contribution in [0.5, 0.6) is 0 Å². The van der Waals surface area contributed by atoms with E-state index in [4.69, 9.17) is 9.15 Å². The first-order valence-electron chi connectivity index (χ1n) is 6.74. The molecule has 1 aliphatic heterocycles. The number of methoxy groups -OCH3 is 1. The quantitative estimate of drug-likeness (QED) is 0.872. The number of fused-ring (bicyclic) bond motifs is 1. The molecule has 6 heteroatoms. The topological polar surface area (TPSA) is 62.9 Å². The molecule has 1 saturated heterocycles. The second kappa shape index (κ2) is 5.46. The predicted molar refractivity (Wildman–Crippen MR) is 73.0 cm³/mol. The highest BCUT2D eigenvalue weighted by Gasteiger charge is 2.37. The van der Waals surface area contributed by atoms with E-state index in [-0.39, 0.29) is 11.8 Å². The summed E-state index contributed by atoms with van der Waals surface area (Å²) in [6.07, 6.45) is -0.211. The number of aliphatic hydroxyl groups is 1. The van der Waals surface area contributed by atoms with Crippen molar-refractivity contribution in [1.29, 1.82) is 0 Å². The average molecular weight is 293 g/mol. The van der Waals surface area contributed by atoms with E-state index in [0.29, 0.717) is 36.2 Å². The highest BCUT2D eigenvalue weighted by molar-refractivity contribution is 5.78. The second-order valence-corrected chi connectivity index (χ2v) is 5.25. The van der Waals surface area contributed by atoms with Crippen LogP contribution < -0.4 is 0 Å². The number of carbonyl (C=O) groups excluding carboxylic acids is 1. The van der Waals surface area contributed by atoms with Crippen molar-refractivity contribution in [2.24, 2.45) is 0 Å². The van der Waals surface area contributed by atoms with E-state index < -0.39 is 12.1 Å². The van der Waals surface area contributed by atoms with E-state index in [9.17, 15) is 14.3 Å². The fraction of sp³-hybridized carbons (Fsp3) is 0.400. The van der Waals surface area contributed by atoms with Crippen molar-refractivity contribution in [3.05, 3.63) is 35.8 Å². The Balaban J connectivity index is 1.81. The molecule has 0 amide bonds. The van der Waals surface area contributed by atoms with Crippen LogP contribution in [0.4, 0.5) is 4.39 Å². The first-order valence-corrected chi connectivity index (χ1v) is 6.74. The van der Waals surface area contributed by atoms with Gasteiger partial charge in [-0.1, -0.05) is 0 Å². The zero-order chi connectivity index (χ0) is 15.0. The summed E-state index contributed by atoms with van der Waals surface area (Å²) in [4.78, 5) is 13.5. The van der Waals surface area contributed by atoms with E-state index in [1.165, 1.54) is 19.2 Å².